The van der Waals surface area contributed by atoms with E-state index in [1.165, 1.54) is 12.1 Å². The molecule has 0 saturated heterocycles. The molecule has 94 valence electrons. The number of halogens is 2. The van der Waals surface area contributed by atoms with Crippen molar-refractivity contribution in [1.29, 1.82) is 0 Å². The molecule has 0 heterocycles. The summed E-state index contributed by atoms with van der Waals surface area (Å²) in [5.74, 6) is -0.255. The molecule has 0 aromatic heterocycles. The summed E-state index contributed by atoms with van der Waals surface area (Å²) in [7, 11) is 0. The van der Waals surface area contributed by atoms with Crippen LogP contribution in [0.3, 0.4) is 0 Å². The van der Waals surface area contributed by atoms with Crippen LogP contribution in [0.2, 0.25) is 0 Å². The van der Waals surface area contributed by atoms with E-state index in [0.717, 1.165) is 26.7 Å². The third-order valence-electron chi connectivity index (χ3n) is 3.09. The van der Waals surface area contributed by atoms with Crippen LogP contribution in [-0.2, 0) is 0 Å². The summed E-state index contributed by atoms with van der Waals surface area (Å²) in [5, 5.41) is 0. The maximum Gasteiger partial charge on any atom is 0.123 e. The van der Waals surface area contributed by atoms with E-state index in [0.29, 0.717) is 0 Å². The Kier molecular flexibility index (Phi) is 3.83. The number of hydrogen-bond donors (Lipinski definition) is 1. The Bertz CT molecular complexity index is 581. The molecular formula is C15H15BrFN. The summed E-state index contributed by atoms with van der Waals surface area (Å²) in [6.07, 6.45) is 0. The molecule has 18 heavy (non-hydrogen) atoms. The molecule has 0 spiro atoms. The van der Waals surface area contributed by atoms with Crippen LogP contribution in [0.5, 0.6) is 0 Å². The Morgan fingerprint density at radius 2 is 1.83 bits per heavy atom. The lowest BCUT2D eigenvalue weighted by molar-refractivity contribution is 0.623. The van der Waals surface area contributed by atoms with E-state index >= 15 is 0 Å². The molecule has 0 aliphatic carbocycles. The van der Waals surface area contributed by atoms with Gasteiger partial charge in [0.15, 0.2) is 0 Å². The normalized spacial score (nSPS) is 12.5. The first-order valence-electron chi connectivity index (χ1n) is 5.76. The first-order valence-corrected chi connectivity index (χ1v) is 6.56. The van der Waals surface area contributed by atoms with Gasteiger partial charge in [0.25, 0.3) is 0 Å². The number of rotatable bonds is 2. The first kappa shape index (κ1) is 13.2. The summed E-state index contributed by atoms with van der Waals surface area (Å²) < 4.78 is 14.3. The number of benzene rings is 2. The maximum atomic E-state index is 13.2. The van der Waals surface area contributed by atoms with Crippen LogP contribution in [0.1, 0.15) is 28.3 Å². The van der Waals surface area contributed by atoms with E-state index in [9.17, 15) is 4.39 Å². The minimum absolute atomic E-state index is 0.255. The smallest absolute Gasteiger partial charge is 0.123 e. The molecule has 0 fully saturated rings. The van der Waals surface area contributed by atoms with Gasteiger partial charge in [0.1, 0.15) is 5.82 Å². The third kappa shape index (κ3) is 2.62. The van der Waals surface area contributed by atoms with Crippen molar-refractivity contribution in [3.8, 4) is 0 Å². The van der Waals surface area contributed by atoms with Gasteiger partial charge in [-0.3, -0.25) is 0 Å². The highest BCUT2D eigenvalue weighted by molar-refractivity contribution is 9.10. The summed E-state index contributed by atoms with van der Waals surface area (Å²) in [6.45, 7) is 4.03. The van der Waals surface area contributed by atoms with Gasteiger partial charge >= 0.3 is 0 Å². The van der Waals surface area contributed by atoms with Gasteiger partial charge in [-0.05, 0) is 54.3 Å². The molecule has 2 rings (SSSR count). The van der Waals surface area contributed by atoms with Gasteiger partial charge in [0.05, 0.1) is 6.04 Å². The zero-order chi connectivity index (χ0) is 13.3. The van der Waals surface area contributed by atoms with Crippen molar-refractivity contribution in [2.75, 3.05) is 0 Å². The van der Waals surface area contributed by atoms with Gasteiger partial charge in [-0.1, -0.05) is 34.1 Å². The fraction of sp³-hybridized carbons (Fsp3) is 0.200. The van der Waals surface area contributed by atoms with E-state index in [-0.39, 0.29) is 11.9 Å². The molecule has 2 N–H and O–H groups in total. The lowest BCUT2D eigenvalue weighted by atomic mass is 9.94. The van der Waals surface area contributed by atoms with Crippen LogP contribution in [0.4, 0.5) is 4.39 Å². The molecule has 3 heteroatoms. The van der Waals surface area contributed by atoms with Gasteiger partial charge in [-0.25, -0.2) is 4.39 Å². The molecule has 0 amide bonds. The second-order valence-corrected chi connectivity index (χ2v) is 5.34. The zero-order valence-electron chi connectivity index (χ0n) is 10.4. The van der Waals surface area contributed by atoms with E-state index in [1.54, 1.807) is 6.07 Å². The van der Waals surface area contributed by atoms with E-state index in [1.807, 2.05) is 26.0 Å². The van der Waals surface area contributed by atoms with Crippen molar-refractivity contribution in [3.05, 3.63) is 68.9 Å². The van der Waals surface area contributed by atoms with E-state index in [2.05, 4.69) is 22.0 Å². The minimum atomic E-state index is -0.299. The number of hydrogen-bond acceptors (Lipinski definition) is 1. The molecule has 2 aromatic carbocycles. The quantitative estimate of drug-likeness (QED) is 0.881. The molecule has 0 radical (unpaired) electrons. The number of nitrogens with two attached hydrogens (primary N) is 1. The lowest BCUT2D eigenvalue weighted by Gasteiger charge is -2.17. The maximum absolute atomic E-state index is 13.2. The van der Waals surface area contributed by atoms with Crippen LogP contribution in [0.15, 0.2) is 40.9 Å². The van der Waals surface area contributed by atoms with Crippen molar-refractivity contribution in [3.63, 3.8) is 0 Å². The second kappa shape index (κ2) is 5.21. The Labute approximate surface area is 115 Å². The highest BCUT2D eigenvalue weighted by atomic mass is 79.9. The average Bonchev–Trinajstić information content (AvgIpc) is 2.33. The van der Waals surface area contributed by atoms with Gasteiger partial charge in [0.2, 0.25) is 0 Å². The van der Waals surface area contributed by atoms with Crippen LogP contribution >= 0.6 is 15.9 Å². The van der Waals surface area contributed by atoms with Crippen LogP contribution in [-0.4, -0.2) is 0 Å². The second-order valence-electron chi connectivity index (χ2n) is 4.49. The summed E-state index contributed by atoms with van der Waals surface area (Å²) >= 11 is 3.50. The SMILES string of the molecule is Cc1cc(C(N)c2cccc(F)c2)c(C)cc1Br. The Morgan fingerprint density at radius 3 is 2.50 bits per heavy atom. The predicted molar refractivity (Wildman–Crippen MR) is 76.0 cm³/mol. The van der Waals surface area contributed by atoms with Crippen LogP contribution in [0.25, 0.3) is 0 Å². The summed E-state index contributed by atoms with van der Waals surface area (Å²) in [4.78, 5) is 0. The Balaban J connectivity index is 2.46. The van der Waals surface area contributed by atoms with Crippen molar-refractivity contribution in [2.24, 2.45) is 5.73 Å². The molecule has 0 bridgehead atoms. The monoisotopic (exact) mass is 307 g/mol. The molecular weight excluding hydrogens is 293 g/mol. The highest BCUT2D eigenvalue weighted by Crippen LogP contribution is 2.28. The molecule has 0 saturated carbocycles. The average molecular weight is 308 g/mol. The molecule has 0 aliphatic heterocycles. The highest BCUT2D eigenvalue weighted by Gasteiger charge is 2.13. The van der Waals surface area contributed by atoms with E-state index in [4.69, 9.17) is 5.73 Å². The minimum Gasteiger partial charge on any atom is -0.320 e. The van der Waals surface area contributed by atoms with Gasteiger partial charge in [-0.15, -0.1) is 0 Å². The third-order valence-corrected chi connectivity index (χ3v) is 3.94. The molecule has 0 aliphatic rings. The predicted octanol–water partition coefficient (Wildman–Crippen LogP) is 4.25. The molecule has 1 atom stereocenters. The zero-order valence-corrected chi connectivity index (χ0v) is 12.0. The fourth-order valence-corrected chi connectivity index (χ4v) is 2.48. The first-order chi connectivity index (χ1) is 8.49. The largest absolute Gasteiger partial charge is 0.320 e. The number of aryl methyl sites for hydroxylation is 2. The van der Waals surface area contributed by atoms with Crippen molar-refractivity contribution >= 4 is 15.9 Å². The van der Waals surface area contributed by atoms with Gasteiger partial charge in [-0.2, -0.15) is 0 Å². The standard InChI is InChI=1S/C15H15BrFN/c1-9-7-14(16)10(2)6-13(9)15(18)11-4-3-5-12(17)8-11/h3-8,15H,18H2,1-2H3. The van der Waals surface area contributed by atoms with Gasteiger partial charge < -0.3 is 5.73 Å². The fourth-order valence-electron chi connectivity index (χ4n) is 2.02. The van der Waals surface area contributed by atoms with Crippen LogP contribution in [0, 0.1) is 19.7 Å². The molecule has 2 aromatic rings. The Morgan fingerprint density at radius 1 is 1.11 bits per heavy atom. The summed E-state index contributed by atoms with van der Waals surface area (Å²) in [6, 6.07) is 10.2. The summed E-state index contributed by atoms with van der Waals surface area (Å²) in [5.41, 5.74) is 10.3. The van der Waals surface area contributed by atoms with Crippen LogP contribution < -0.4 is 5.73 Å². The molecule has 1 unspecified atom stereocenters. The Hall–Kier alpha value is -1.19. The van der Waals surface area contributed by atoms with E-state index < -0.39 is 0 Å². The topological polar surface area (TPSA) is 26.0 Å². The molecule has 1 nitrogen and oxygen atoms in total. The van der Waals surface area contributed by atoms with Gasteiger partial charge in [0, 0.05) is 4.47 Å². The van der Waals surface area contributed by atoms with Crippen molar-refractivity contribution < 1.29 is 4.39 Å². The van der Waals surface area contributed by atoms with Crippen molar-refractivity contribution in [2.45, 2.75) is 19.9 Å². The van der Waals surface area contributed by atoms with Crippen molar-refractivity contribution in [1.82, 2.24) is 0 Å². The lowest BCUT2D eigenvalue weighted by Crippen LogP contribution is -2.13.